The van der Waals surface area contributed by atoms with Gasteiger partial charge in [0.1, 0.15) is 0 Å². The molecular weight excluding hydrogens is 360 g/mol. The minimum atomic E-state index is -3.66. The minimum absolute atomic E-state index is 0.0218. The average molecular weight is 387 g/mol. The molecule has 1 amide bonds. The third kappa shape index (κ3) is 4.96. The molecule has 1 saturated heterocycles. The van der Waals surface area contributed by atoms with E-state index in [1.165, 1.54) is 12.1 Å². The lowest BCUT2D eigenvalue weighted by atomic mass is 10.1. The van der Waals surface area contributed by atoms with Gasteiger partial charge in [0.05, 0.1) is 4.90 Å². The SMILES string of the molecule is CC(NS(=O)(=O)c1ccc(C(=O)N2CCCCCC2)cc1)c1ccccc1. The number of carbonyl (C=O) groups is 1. The van der Waals surface area contributed by atoms with Gasteiger partial charge in [-0.15, -0.1) is 0 Å². The van der Waals surface area contributed by atoms with Crippen molar-refractivity contribution in [3.63, 3.8) is 0 Å². The zero-order chi connectivity index (χ0) is 19.3. The van der Waals surface area contributed by atoms with Crippen LogP contribution < -0.4 is 4.72 Å². The van der Waals surface area contributed by atoms with Crippen LogP contribution in [0.1, 0.15) is 54.6 Å². The van der Waals surface area contributed by atoms with E-state index in [9.17, 15) is 13.2 Å². The van der Waals surface area contributed by atoms with Crippen molar-refractivity contribution in [3.8, 4) is 0 Å². The molecule has 1 heterocycles. The molecule has 1 N–H and O–H groups in total. The van der Waals surface area contributed by atoms with E-state index in [0.717, 1.165) is 44.3 Å². The molecule has 0 aliphatic carbocycles. The summed E-state index contributed by atoms with van der Waals surface area (Å²) in [5.41, 5.74) is 1.43. The highest BCUT2D eigenvalue weighted by atomic mass is 32.2. The second-order valence-corrected chi connectivity index (χ2v) is 8.70. The largest absolute Gasteiger partial charge is 0.339 e. The normalized spacial score (nSPS) is 16.6. The molecule has 3 rings (SSSR count). The average Bonchev–Trinajstić information content (AvgIpc) is 2.97. The highest BCUT2D eigenvalue weighted by Crippen LogP contribution is 2.19. The van der Waals surface area contributed by atoms with Gasteiger partial charge in [-0.05, 0) is 49.6 Å². The molecular formula is C21H26N2O3S. The van der Waals surface area contributed by atoms with Gasteiger partial charge in [0.25, 0.3) is 5.91 Å². The van der Waals surface area contributed by atoms with Crippen molar-refractivity contribution in [3.05, 3.63) is 65.7 Å². The number of nitrogens with zero attached hydrogens (tertiary/aromatic N) is 1. The summed E-state index contributed by atoms with van der Waals surface area (Å²) < 4.78 is 28.0. The van der Waals surface area contributed by atoms with Crippen LogP contribution in [0.4, 0.5) is 0 Å². The summed E-state index contributed by atoms with van der Waals surface area (Å²) in [6.45, 7) is 3.36. The Bertz CT molecular complexity index is 856. The summed E-state index contributed by atoms with van der Waals surface area (Å²) in [5, 5.41) is 0. The molecule has 1 aliphatic heterocycles. The van der Waals surface area contributed by atoms with E-state index in [1.807, 2.05) is 42.2 Å². The molecule has 5 nitrogen and oxygen atoms in total. The fourth-order valence-corrected chi connectivity index (χ4v) is 4.58. The maximum Gasteiger partial charge on any atom is 0.253 e. The third-order valence-corrected chi connectivity index (χ3v) is 6.49. The molecule has 144 valence electrons. The van der Waals surface area contributed by atoms with Crippen LogP contribution in [-0.4, -0.2) is 32.3 Å². The van der Waals surface area contributed by atoms with Crippen LogP contribution in [-0.2, 0) is 10.0 Å². The first kappa shape index (κ1) is 19.6. The first-order valence-electron chi connectivity index (χ1n) is 9.44. The highest BCUT2D eigenvalue weighted by Gasteiger charge is 2.21. The summed E-state index contributed by atoms with van der Waals surface area (Å²) in [4.78, 5) is 14.7. The highest BCUT2D eigenvalue weighted by molar-refractivity contribution is 7.89. The van der Waals surface area contributed by atoms with Gasteiger partial charge in [-0.3, -0.25) is 4.79 Å². The third-order valence-electron chi connectivity index (χ3n) is 4.94. The lowest BCUT2D eigenvalue weighted by Gasteiger charge is -2.20. The standard InChI is InChI=1S/C21H26N2O3S/c1-17(18-9-5-4-6-10-18)22-27(25,26)20-13-11-19(12-14-20)21(24)23-15-7-2-3-8-16-23/h4-6,9-14,17,22H,2-3,7-8,15-16H2,1H3. The monoisotopic (exact) mass is 386 g/mol. The van der Waals surface area contributed by atoms with E-state index < -0.39 is 10.0 Å². The van der Waals surface area contributed by atoms with Crippen LogP contribution in [0, 0.1) is 0 Å². The molecule has 0 aromatic heterocycles. The number of nitrogens with one attached hydrogen (secondary N) is 1. The molecule has 0 saturated carbocycles. The number of rotatable bonds is 5. The van der Waals surface area contributed by atoms with E-state index in [1.54, 1.807) is 12.1 Å². The topological polar surface area (TPSA) is 66.5 Å². The number of carbonyl (C=O) groups excluding carboxylic acids is 1. The van der Waals surface area contributed by atoms with Crippen molar-refractivity contribution in [1.29, 1.82) is 0 Å². The lowest BCUT2D eigenvalue weighted by Crippen LogP contribution is -2.32. The smallest absolute Gasteiger partial charge is 0.253 e. The Labute approximate surface area is 161 Å². The van der Waals surface area contributed by atoms with Gasteiger partial charge < -0.3 is 4.90 Å². The van der Waals surface area contributed by atoms with Crippen LogP contribution in [0.2, 0.25) is 0 Å². The van der Waals surface area contributed by atoms with Crippen molar-refractivity contribution >= 4 is 15.9 Å². The Morgan fingerprint density at radius 2 is 1.52 bits per heavy atom. The molecule has 0 bridgehead atoms. The first-order chi connectivity index (χ1) is 13.0. The van der Waals surface area contributed by atoms with Crippen LogP contribution >= 0.6 is 0 Å². The van der Waals surface area contributed by atoms with Gasteiger partial charge >= 0.3 is 0 Å². The lowest BCUT2D eigenvalue weighted by molar-refractivity contribution is 0.0761. The Morgan fingerprint density at radius 3 is 2.11 bits per heavy atom. The summed E-state index contributed by atoms with van der Waals surface area (Å²) >= 11 is 0. The Morgan fingerprint density at radius 1 is 0.926 bits per heavy atom. The number of hydrogen-bond acceptors (Lipinski definition) is 3. The molecule has 2 aromatic carbocycles. The summed E-state index contributed by atoms with van der Waals surface area (Å²) in [7, 11) is -3.66. The summed E-state index contributed by atoms with van der Waals surface area (Å²) in [5.74, 6) is -0.0218. The van der Waals surface area contributed by atoms with Crippen molar-refractivity contribution in [1.82, 2.24) is 9.62 Å². The fourth-order valence-electron chi connectivity index (χ4n) is 3.34. The van der Waals surface area contributed by atoms with E-state index >= 15 is 0 Å². The van der Waals surface area contributed by atoms with Crippen LogP contribution in [0.5, 0.6) is 0 Å². The molecule has 27 heavy (non-hydrogen) atoms. The molecule has 0 spiro atoms. The van der Waals surface area contributed by atoms with E-state index in [0.29, 0.717) is 5.56 Å². The Kier molecular flexibility index (Phi) is 6.29. The Balaban J connectivity index is 1.71. The van der Waals surface area contributed by atoms with E-state index in [-0.39, 0.29) is 16.8 Å². The zero-order valence-electron chi connectivity index (χ0n) is 15.6. The maximum absolute atomic E-state index is 12.6. The fraction of sp³-hybridized carbons (Fsp3) is 0.381. The maximum atomic E-state index is 12.6. The predicted octanol–water partition coefficient (Wildman–Crippen LogP) is 3.74. The zero-order valence-corrected chi connectivity index (χ0v) is 16.4. The number of hydrogen-bond donors (Lipinski definition) is 1. The molecule has 1 atom stereocenters. The first-order valence-corrected chi connectivity index (χ1v) is 10.9. The summed E-state index contributed by atoms with van der Waals surface area (Å²) in [6, 6.07) is 15.3. The van der Waals surface area contributed by atoms with E-state index in [2.05, 4.69) is 4.72 Å². The van der Waals surface area contributed by atoms with Crippen LogP contribution in [0.3, 0.4) is 0 Å². The van der Waals surface area contributed by atoms with Gasteiger partial charge in [-0.1, -0.05) is 43.2 Å². The molecule has 0 radical (unpaired) electrons. The van der Waals surface area contributed by atoms with Gasteiger partial charge in [0.15, 0.2) is 0 Å². The molecule has 2 aromatic rings. The van der Waals surface area contributed by atoms with E-state index in [4.69, 9.17) is 0 Å². The Hall–Kier alpha value is -2.18. The second-order valence-electron chi connectivity index (χ2n) is 6.98. The molecule has 1 unspecified atom stereocenters. The minimum Gasteiger partial charge on any atom is -0.339 e. The van der Waals surface area contributed by atoms with Crippen LogP contribution in [0.25, 0.3) is 0 Å². The van der Waals surface area contributed by atoms with Crippen molar-refractivity contribution in [2.45, 2.75) is 43.5 Å². The van der Waals surface area contributed by atoms with Gasteiger partial charge in [-0.25, -0.2) is 13.1 Å². The van der Waals surface area contributed by atoms with Gasteiger partial charge in [0.2, 0.25) is 10.0 Å². The number of benzene rings is 2. The van der Waals surface area contributed by atoms with Crippen molar-refractivity contribution < 1.29 is 13.2 Å². The van der Waals surface area contributed by atoms with Crippen molar-refractivity contribution in [2.24, 2.45) is 0 Å². The molecule has 1 fully saturated rings. The number of likely N-dealkylation sites (tertiary alicyclic amines) is 1. The van der Waals surface area contributed by atoms with Crippen molar-refractivity contribution in [2.75, 3.05) is 13.1 Å². The van der Waals surface area contributed by atoms with Gasteiger partial charge in [-0.2, -0.15) is 0 Å². The van der Waals surface area contributed by atoms with Gasteiger partial charge in [0, 0.05) is 24.7 Å². The quantitative estimate of drug-likeness (QED) is 0.851. The summed E-state index contributed by atoms with van der Waals surface area (Å²) in [6.07, 6.45) is 4.37. The number of amides is 1. The molecule has 6 heteroatoms. The number of sulfonamides is 1. The second kappa shape index (κ2) is 8.67. The molecule has 1 aliphatic rings. The predicted molar refractivity (Wildman–Crippen MR) is 106 cm³/mol. The van der Waals surface area contributed by atoms with Crippen LogP contribution in [0.15, 0.2) is 59.5 Å².